The van der Waals surface area contributed by atoms with Crippen LogP contribution in [0, 0.1) is 0 Å². The van der Waals surface area contributed by atoms with Gasteiger partial charge in [-0.25, -0.2) is 5.43 Å². The molecule has 0 atom stereocenters. The number of benzene rings is 1. The lowest BCUT2D eigenvalue weighted by Gasteiger charge is -2.41. The monoisotopic (exact) mass is 224 g/mol. The Bertz CT molecular complexity index is 316. The van der Waals surface area contributed by atoms with Gasteiger partial charge in [0.2, 0.25) is 0 Å². The van der Waals surface area contributed by atoms with Crippen molar-refractivity contribution in [3.8, 4) is 0 Å². The van der Waals surface area contributed by atoms with Crippen LogP contribution in [0.25, 0.3) is 0 Å². The second-order valence-electron chi connectivity index (χ2n) is 3.68. The van der Waals surface area contributed by atoms with Gasteiger partial charge in [0, 0.05) is 4.90 Å². The second-order valence-corrected chi connectivity index (χ2v) is 5.01. The normalized spacial score (nSPS) is 18.5. The third-order valence-electron chi connectivity index (χ3n) is 2.69. The van der Waals surface area contributed by atoms with Crippen LogP contribution in [0.15, 0.2) is 29.2 Å². The zero-order valence-electron chi connectivity index (χ0n) is 8.82. The van der Waals surface area contributed by atoms with Crippen LogP contribution in [0.5, 0.6) is 0 Å². The molecule has 0 spiro atoms. The van der Waals surface area contributed by atoms with Gasteiger partial charge in [0.15, 0.2) is 0 Å². The molecule has 1 aliphatic heterocycles. The zero-order chi connectivity index (χ0) is 10.7. The highest BCUT2D eigenvalue weighted by Crippen LogP contribution is 2.30. The Labute approximate surface area is 94.3 Å². The van der Waals surface area contributed by atoms with E-state index in [4.69, 9.17) is 10.6 Å². The van der Waals surface area contributed by atoms with Gasteiger partial charge in [-0.3, -0.25) is 5.84 Å². The lowest BCUT2D eigenvalue weighted by Crippen LogP contribution is -2.60. The molecule has 15 heavy (non-hydrogen) atoms. The number of ether oxygens (including phenoxy) is 1. The molecule has 0 aromatic heterocycles. The largest absolute Gasteiger partial charge is 0.377 e. The highest BCUT2D eigenvalue weighted by atomic mass is 32.2. The Kier molecular flexibility index (Phi) is 3.31. The summed E-state index contributed by atoms with van der Waals surface area (Å²) in [5.74, 6) is 6.66. The summed E-state index contributed by atoms with van der Waals surface area (Å²) in [6.07, 6.45) is 0. The van der Waals surface area contributed by atoms with Crippen molar-refractivity contribution in [2.24, 2.45) is 5.84 Å². The van der Waals surface area contributed by atoms with E-state index in [2.05, 4.69) is 36.6 Å². The molecule has 3 N–H and O–H groups in total. The van der Waals surface area contributed by atoms with Gasteiger partial charge in [-0.05, 0) is 23.4 Å². The van der Waals surface area contributed by atoms with Crippen LogP contribution in [-0.2, 0) is 10.3 Å². The van der Waals surface area contributed by atoms with Crippen LogP contribution in [0.4, 0.5) is 0 Å². The smallest absolute Gasteiger partial charge is 0.103 e. The zero-order valence-corrected chi connectivity index (χ0v) is 9.64. The number of nitrogens with one attached hydrogen (secondary N) is 1. The van der Waals surface area contributed by atoms with Crippen molar-refractivity contribution < 1.29 is 4.74 Å². The Morgan fingerprint density at radius 3 is 2.47 bits per heavy atom. The minimum Gasteiger partial charge on any atom is -0.377 e. The summed E-state index contributed by atoms with van der Waals surface area (Å²) < 4.78 is 5.21. The fourth-order valence-electron chi connectivity index (χ4n) is 1.68. The molecule has 0 radical (unpaired) electrons. The first-order valence-electron chi connectivity index (χ1n) is 5.09. The maximum Gasteiger partial charge on any atom is 0.103 e. The quantitative estimate of drug-likeness (QED) is 0.462. The first kappa shape index (κ1) is 11.0. The van der Waals surface area contributed by atoms with Crippen molar-refractivity contribution in [3.63, 3.8) is 0 Å². The molecule has 1 aromatic rings. The van der Waals surface area contributed by atoms with E-state index in [1.807, 2.05) is 11.8 Å². The molecule has 0 bridgehead atoms. The standard InChI is InChI=1S/C11H16N2OS/c1-2-15-10-5-3-9(4-6-10)11(13-12)7-14-8-11/h3-6,13H,2,7-8,12H2,1H3. The fourth-order valence-corrected chi connectivity index (χ4v) is 2.34. The molecule has 82 valence electrons. The van der Waals surface area contributed by atoms with Gasteiger partial charge in [0.1, 0.15) is 5.54 Å². The van der Waals surface area contributed by atoms with Gasteiger partial charge in [-0.15, -0.1) is 11.8 Å². The molecule has 0 unspecified atom stereocenters. The van der Waals surface area contributed by atoms with Gasteiger partial charge >= 0.3 is 0 Å². The van der Waals surface area contributed by atoms with Crippen molar-refractivity contribution in [2.45, 2.75) is 17.4 Å². The minimum atomic E-state index is -0.157. The van der Waals surface area contributed by atoms with Crippen LogP contribution in [0.1, 0.15) is 12.5 Å². The predicted molar refractivity (Wildman–Crippen MR) is 62.7 cm³/mol. The topological polar surface area (TPSA) is 47.3 Å². The molecule has 0 aliphatic carbocycles. The molecule has 1 aromatic carbocycles. The first-order valence-corrected chi connectivity index (χ1v) is 6.08. The molecular formula is C11H16N2OS. The summed E-state index contributed by atoms with van der Waals surface area (Å²) in [4.78, 5) is 1.30. The van der Waals surface area contributed by atoms with Crippen molar-refractivity contribution in [3.05, 3.63) is 29.8 Å². The van der Waals surface area contributed by atoms with Crippen molar-refractivity contribution in [1.82, 2.24) is 5.43 Å². The molecule has 3 nitrogen and oxygen atoms in total. The highest BCUT2D eigenvalue weighted by molar-refractivity contribution is 7.99. The molecular weight excluding hydrogens is 208 g/mol. The minimum absolute atomic E-state index is 0.157. The Morgan fingerprint density at radius 2 is 2.07 bits per heavy atom. The third kappa shape index (κ3) is 2.03. The number of hydrogen-bond acceptors (Lipinski definition) is 4. The van der Waals surface area contributed by atoms with Crippen LogP contribution in [0.2, 0.25) is 0 Å². The van der Waals surface area contributed by atoms with Crippen molar-refractivity contribution >= 4 is 11.8 Å². The molecule has 1 heterocycles. The lowest BCUT2D eigenvalue weighted by molar-refractivity contribution is -0.0787. The van der Waals surface area contributed by atoms with E-state index in [0.29, 0.717) is 13.2 Å². The Balaban J connectivity index is 2.15. The third-order valence-corrected chi connectivity index (χ3v) is 3.59. The summed E-state index contributed by atoms with van der Waals surface area (Å²) >= 11 is 1.84. The maximum absolute atomic E-state index is 5.56. The van der Waals surface area contributed by atoms with Crippen LogP contribution < -0.4 is 11.3 Å². The molecule has 0 amide bonds. The summed E-state index contributed by atoms with van der Waals surface area (Å²) in [5.41, 5.74) is 3.90. The summed E-state index contributed by atoms with van der Waals surface area (Å²) in [7, 11) is 0. The van der Waals surface area contributed by atoms with Gasteiger partial charge < -0.3 is 4.74 Å². The van der Waals surface area contributed by atoms with E-state index in [0.717, 1.165) is 5.75 Å². The van der Waals surface area contributed by atoms with E-state index in [1.54, 1.807) is 0 Å². The average molecular weight is 224 g/mol. The Morgan fingerprint density at radius 1 is 1.40 bits per heavy atom. The van der Waals surface area contributed by atoms with E-state index >= 15 is 0 Å². The van der Waals surface area contributed by atoms with Crippen LogP contribution >= 0.6 is 11.8 Å². The fraction of sp³-hybridized carbons (Fsp3) is 0.455. The molecule has 0 saturated carbocycles. The van der Waals surface area contributed by atoms with E-state index in [-0.39, 0.29) is 5.54 Å². The summed E-state index contributed by atoms with van der Waals surface area (Å²) in [5, 5.41) is 0. The van der Waals surface area contributed by atoms with Gasteiger partial charge in [-0.1, -0.05) is 19.1 Å². The van der Waals surface area contributed by atoms with Crippen molar-refractivity contribution in [1.29, 1.82) is 0 Å². The number of thioether (sulfide) groups is 1. The SMILES string of the molecule is CCSc1ccc(C2(NN)COC2)cc1. The van der Waals surface area contributed by atoms with Gasteiger partial charge in [0.05, 0.1) is 13.2 Å². The number of hydrogen-bond donors (Lipinski definition) is 2. The Hall–Kier alpha value is -0.550. The van der Waals surface area contributed by atoms with Gasteiger partial charge in [0.25, 0.3) is 0 Å². The average Bonchev–Trinajstić information content (AvgIpc) is 2.20. The van der Waals surface area contributed by atoms with E-state index in [1.165, 1.54) is 10.5 Å². The first-order chi connectivity index (χ1) is 7.30. The van der Waals surface area contributed by atoms with E-state index in [9.17, 15) is 0 Å². The molecule has 2 rings (SSSR count). The van der Waals surface area contributed by atoms with Crippen molar-refractivity contribution in [2.75, 3.05) is 19.0 Å². The lowest BCUT2D eigenvalue weighted by atomic mass is 9.89. The summed E-state index contributed by atoms with van der Waals surface area (Å²) in [6.45, 7) is 3.47. The number of rotatable bonds is 4. The van der Waals surface area contributed by atoms with Crippen LogP contribution in [0.3, 0.4) is 0 Å². The molecule has 4 heteroatoms. The number of hydrazine groups is 1. The number of nitrogens with two attached hydrogens (primary N) is 1. The predicted octanol–water partition coefficient (Wildman–Crippen LogP) is 1.49. The van der Waals surface area contributed by atoms with Gasteiger partial charge in [-0.2, -0.15) is 0 Å². The van der Waals surface area contributed by atoms with Crippen LogP contribution in [-0.4, -0.2) is 19.0 Å². The molecule has 1 saturated heterocycles. The maximum atomic E-state index is 5.56. The highest BCUT2D eigenvalue weighted by Gasteiger charge is 2.39. The molecule has 1 fully saturated rings. The second kappa shape index (κ2) is 4.53. The van der Waals surface area contributed by atoms with E-state index < -0.39 is 0 Å². The summed E-state index contributed by atoms with van der Waals surface area (Å²) in [6, 6.07) is 8.53. The molecule has 1 aliphatic rings.